The Morgan fingerprint density at radius 2 is 1.17 bits per heavy atom. The van der Waals surface area contributed by atoms with Crippen LogP contribution in [0.15, 0.2) is 104 Å². The number of ether oxygens (including phenoxy) is 4. The Hall–Kier alpha value is -2.80. The summed E-state index contributed by atoms with van der Waals surface area (Å²) in [5, 5.41) is 11.2. The van der Waals surface area contributed by atoms with Crippen molar-refractivity contribution in [2.24, 2.45) is 0 Å². The lowest BCUT2D eigenvalue weighted by Gasteiger charge is -2.44. The molecule has 35 heavy (non-hydrogen) atoms. The van der Waals surface area contributed by atoms with Crippen molar-refractivity contribution in [3.05, 3.63) is 120 Å². The SMILES string of the molecule is C=CC[C@@H]1O[C@H](COCc2ccccc2)[C@H](OCc2ccccc2)[C@H](OCc2ccccc2)[C@H]1O. The molecule has 1 fully saturated rings. The standard InChI is InChI=1S/C30H34O5/c1-2-12-26-28(31)30(34-21-25-17-10-5-11-18-25)29(33-20-24-15-8-4-9-16-24)27(35-26)22-32-19-23-13-6-3-7-14-23/h2-11,13-18,26-31H,1,12,19-22H2/t26-,27+,28-,29-,30+/m0/s1. The monoisotopic (exact) mass is 474 g/mol. The molecular weight excluding hydrogens is 440 g/mol. The molecule has 0 bridgehead atoms. The van der Waals surface area contributed by atoms with Crippen LogP contribution < -0.4 is 0 Å². The molecule has 0 radical (unpaired) electrons. The minimum absolute atomic E-state index is 0.319. The van der Waals surface area contributed by atoms with Crippen LogP contribution in [0.25, 0.3) is 0 Å². The fourth-order valence-electron chi connectivity index (χ4n) is 4.29. The van der Waals surface area contributed by atoms with E-state index in [0.717, 1.165) is 16.7 Å². The molecule has 3 aromatic rings. The molecule has 5 heteroatoms. The van der Waals surface area contributed by atoms with Crippen molar-refractivity contribution in [1.82, 2.24) is 0 Å². The molecule has 0 aliphatic carbocycles. The maximum atomic E-state index is 11.2. The van der Waals surface area contributed by atoms with Crippen LogP contribution in [0.1, 0.15) is 23.1 Å². The van der Waals surface area contributed by atoms with E-state index in [1.165, 1.54) is 0 Å². The van der Waals surface area contributed by atoms with Gasteiger partial charge in [0.05, 0.1) is 32.5 Å². The van der Waals surface area contributed by atoms with E-state index in [0.29, 0.717) is 32.8 Å². The molecule has 3 aromatic carbocycles. The number of aliphatic hydroxyl groups excluding tert-OH is 1. The van der Waals surface area contributed by atoms with Crippen LogP contribution in [0, 0.1) is 0 Å². The summed E-state index contributed by atoms with van der Waals surface area (Å²) in [6, 6.07) is 29.9. The molecule has 0 spiro atoms. The van der Waals surface area contributed by atoms with Gasteiger partial charge in [-0.15, -0.1) is 6.58 Å². The van der Waals surface area contributed by atoms with Gasteiger partial charge in [-0.05, 0) is 23.1 Å². The highest BCUT2D eigenvalue weighted by Crippen LogP contribution is 2.30. The topological polar surface area (TPSA) is 57.2 Å². The maximum absolute atomic E-state index is 11.2. The van der Waals surface area contributed by atoms with Gasteiger partial charge in [0.25, 0.3) is 0 Å². The number of benzene rings is 3. The fourth-order valence-corrected chi connectivity index (χ4v) is 4.29. The first-order valence-electron chi connectivity index (χ1n) is 12.1. The Bertz CT molecular complexity index is 995. The van der Waals surface area contributed by atoms with Crippen LogP contribution in [-0.2, 0) is 38.8 Å². The van der Waals surface area contributed by atoms with E-state index in [9.17, 15) is 5.11 Å². The highest BCUT2D eigenvalue weighted by Gasteiger charge is 2.46. The summed E-state index contributed by atoms with van der Waals surface area (Å²) in [6.07, 6.45) is -0.537. The second-order valence-corrected chi connectivity index (χ2v) is 8.75. The second-order valence-electron chi connectivity index (χ2n) is 8.75. The van der Waals surface area contributed by atoms with Gasteiger partial charge in [0.15, 0.2) is 0 Å². The average Bonchev–Trinajstić information content (AvgIpc) is 2.90. The molecule has 184 valence electrons. The summed E-state index contributed by atoms with van der Waals surface area (Å²) in [6.45, 7) is 5.37. The Morgan fingerprint density at radius 1 is 0.686 bits per heavy atom. The van der Waals surface area contributed by atoms with Gasteiger partial charge in [-0.3, -0.25) is 0 Å². The van der Waals surface area contributed by atoms with E-state index in [2.05, 4.69) is 6.58 Å². The first-order chi connectivity index (χ1) is 17.2. The first kappa shape index (κ1) is 25.3. The first-order valence-corrected chi connectivity index (χ1v) is 12.1. The zero-order valence-corrected chi connectivity index (χ0v) is 19.9. The van der Waals surface area contributed by atoms with Crippen LogP contribution in [0.4, 0.5) is 0 Å². The predicted octanol–water partition coefficient (Wildman–Crippen LogP) is 5.08. The largest absolute Gasteiger partial charge is 0.388 e. The smallest absolute Gasteiger partial charge is 0.115 e. The highest BCUT2D eigenvalue weighted by atomic mass is 16.6. The minimum Gasteiger partial charge on any atom is -0.388 e. The molecule has 1 saturated heterocycles. The maximum Gasteiger partial charge on any atom is 0.115 e. The summed E-state index contributed by atoms with van der Waals surface area (Å²) >= 11 is 0. The fraction of sp³-hybridized carbons (Fsp3) is 0.333. The van der Waals surface area contributed by atoms with Crippen molar-refractivity contribution in [2.45, 2.75) is 56.8 Å². The lowest BCUT2D eigenvalue weighted by molar-refractivity contribution is -0.260. The molecule has 5 atom stereocenters. The van der Waals surface area contributed by atoms with Crippen LogP contribution >= 0.6 is 0 Å². The summed E-state index contributed by atoms with van der Waals surface area (Å²) in [5.41, 5.74) is 3.16. The van der Waals surface area contributed by atoms with Gasteiger partial charge in [0.1, 0.15) is 24.4 Å². The van der Waals surface area contributed by atoms with Gasteiger partial charge in [0.2, 0.25) is 0 Å². The van der Waals surface area contributed by atoms with Crippen LogP contribution in [0.3, 0.4) is 0 Å². The Labute approximate surface area is 207 Å². The van der Waals surface area contributed by atoms with Gasteiger partial charge < -0.3 is 24.1 Å². The third kappa shape index (κ3) is 7.34. The molecule has 0 unspecified atom stereocenters. The molecule has 1 aliphatic rings. The minimum atomic E-state index is -0.858. The number of hydrogen-bond acceptors (Lipinski definition) is 5. The van der Waals surface area contributed by atoms with E-state index in [1.807, 2.05) is 91.0 Å². The van der Waals surface area contributed by atoms with Crippen molar-refractivity contribution in [2.75, 3.05) is 6.61 Å². The molecule has 1 N–H and O–H groups in total. The number of rotatable bonds is 12. The van der Waals surface area contributed by atoms with Gasteiger partial charge in [-0.25, -0.2) is 0 Å². The molecule has 1 heterocycles. The van der Waals surface area contributed by atoms with Crippen LogP contribution in [-0.4, -0.2) is 42.2 Å². The molecule has 0 amide bonds. The second kappa shape index (κ2) is 13.3. The molecule has 0 saturated carbocycles. The van der Waals surface area contributed by atoms with Crippen molar-refractivity contribution in [3.8, 4) is 0 Å². The van der Waals surface area contributed by atoms with Crippen molar-refractivity contribution >= 4 is 0 Å². The lowest BCUT2D eigenvalue weighted by atomic mass is 9.93. The Balaban J connectivity index is 1.50. The quantitative estimate of drug-likeness (QED) is 0.371. The predicted molar refractivity (Wildman–Crippen MR) is 136 cm³/mol. The van der Waals surface area contributed by atoms with Gasteiger partial charge in [-0.1, -0.05) is 97.1 Å². The van der Waals surface area contributed by atoms with E-state index in [-0.39, 0.29) is 0 Å². The average molecular weight is 475 g/mol. The van der Waals surface area contributed by atoms with E-state index in [4.69, 9.17) is 18.9 Å². The Kier molecular flexibility index (Phi) is 9.64. The van der Waals surface area contributed by atoms with Crippen molar-refractivity contribution < 1.29 is 24.1 Å². The molecular formula is C30H34O5. The molecule has 5 nitrogen and oxygen atoms in total. The van der Waals surface area contributed by atoms with Crippen LogP contribution in [0.2, 0.25) is 0 Å². The zero-order chi connectivity index (χ0) is 24.3. The molecule has 4 rings (SSSR count). The van der Waals surface area contributed by atoms with Crippen molar-refractivity contribution in [3.63, 3.8) is 0 Å². The van der Waals surface area contributed by atoms with Gasteiger partial charge in [-0.2, -0.15) is 0 Å². The zero-order valence-electron chi connectivity index (χ0n) is 19.9. The van der Waals surface area contributed by atoms with Gasteiger partial charge >= 0.3 is 0 Å². The summed E-state index contributed by atoms with van der Waals surface area (Å²) in [7, 11) is 0. The molecule has 1 aliphatic heterocycles. The molecule has 0 aromatic heterocycles. The number of hydrogen-bond donors (Lipinski definition) is 1. The van der Waals surface area contributed by atoms with Gasteiger partial charge in [0, 0.05) is 0 Å². The summed E-state index contributed by atoms with van der Waals surface area (Å²) in [5.74, 6) is 0. The summed E-state index contributed by atoms with van der Waals surface area (Å²) < 4.78 is 25.0. The summed E-state index contributed by atoms with van der Waals surface area (Å²) in [4.78, 5) is 0. The highest BCUT2D eigenvalue weighted by molar-refractivity contribution is 5.15. The third-order valence-corrected chi connectivity index (χ3v) is 6.12. The third-order valence-electron chi connectivity index (χ3n) is 6.12. The van der Waals surface area contributed by atoms with Crippen molar-refractivity contribution in [1.29, 1.82) is 0 Å². The van der Waals surface area contributed by atoms with E-state index in [1.54, 1.807) is 6.08 Å². The van der Waals surface area contributed by atoms with E-state index < -0.39 is 30.5 Å². The van der Waals surface area contributed by atoms with E-state index >= 15 is 0 Å². The Morgan fingerprint density at radius 3 is 1.69 bits per heavy atom. The normalized spacial score (nSPS) is 24.2. The lowest BCUT2D eigenvalue weighted by Crippen LogP contribution is -2.60. The van der Waals surface area contributed by atoms with Crippen LogP contribution in [0.5, 0.6) is 0 Å². The number of aliphatic hydroxyl groups is 1.